The first-order valence-corrected chi connectivity index (χ1v) is 4.36. The smallest absolute Gasteiger partial charge is 0.337 e. The Hall–Kier alpha value is -2.28. The van der Waals surface area contributed by atoms with Crippen molar-refractivity contribution in [1.29, 1.82) is 5.26 Å². The minimum atomic E-state index is -0.384. The van der Waals surface area contributed by atoms with Gasteiger partial charge in [0.05, 0.1) is 12.7 Å². The van der Waals surface area contributed by atoms with Crippen LogP contribution in [0.2, 0.25) is 0 Å². The second-order valence-electron chi connectivity index (χ2n) is 3.09. The summed E-state index contributed by atoms with van der Waals surface area (Å²) < 4.78 is 4.60. The van der Waals surface area contributed by atoms with Gasteiger partial charge in [0.15, 0.2) is 0 Å². The first kappa shape index (κ1) is 9.28. The summed E-state index contributed by atoms with van der Waals surface area (Å²) in [6.45, 7) is 0. The zero-order chi connectivity index (χ0) is 10.8. The van der Waals surface area contributed by atoms with Gasteiger partial charge < -0.3 is 9.72 Å². The minimum absolute atomic E-state index is 0.384. The van der Waals surface area contributed by atoms with Gasteiger partial charge in [0.1, 0.15) is 11.8 Å². The van der Waals surface area contributed by atoms with Gasteiger partial charge in [0.25, 0.3) is 0 Å². The van der Waals surface area contributed by atoms with Crippen molar-refractivity contribution in [2.75, 3.05) is 7.11 Å². The summed E-state index contributed by atoms with van der Waals surface area (Å²) in [6, 6.07) is 8.86. The Morgan fingerprint density at radius 3 is 2.93 bits per heavy atom. The van der Waals surface area contributed by atoms with Crippen LogP contribution in [-0.4, -0.2) is 18.1 Å². The number of nitrogens with one attached hydrogen (secondary N) is 1. The fraction of sp³-hybridized carbons (Fsp3) is 0.0909. The van der Waals surface area contributed by atoms with E-state index in [-0.39, 0.29) is 5.97 Å². The molecule has 1 N–H and O–H groups in total. The lowest BCUT2D eigenvalue weighted by molar-refractivity contribution is 0.0601. The number of H-pyrrole nitrogens is 1. The predicted octanol–water partition coefficient (Wildman–Crippen LogP) is 1.83. The van der Waals surface area contributed by atoms with E-state index >= 15 is 0 Å². The fourth-order valence-electron chi connectivity index (χ4n) is 1.43. The molecule has 0 aliphatic carbocycles. The molecular weight excluding hydrogens is 192 g/mol. The molecule has 74 valence electrons. The zero-order valence-electron chi connectivity index (χ0n) is 8.07. The number of hydrogen-bond acceptors (Lipinski definition) is 3. The minimum Gasteiger partial charge on any atom is -0.465 e. The van der Waals surface area contributed by atoms with Gasteiger partial charge in [0.2, 0.25) is 0 Å². The van der Waals surface area contributed by atoms with E-state index in [1.54, 1.807) is 24.3 Å². The monoisotopic (exact) mass is 200 g/mol. The molecule has 0 fully saturated rings. The number of carbonyl (C=O) groups is 1. The van der Waals surface area contributed by atoms with E-state index in [1.165, 1.54) is 7.11 Å². The highest BCUT2D eigenvalue weighted by Gasteiger charge is 2.07. The molecule has 2 rings (SSSR count). The van der Waals surface area contributed by atoms with E-state index in [4.69, 9.17) is 5.26 Å². The number of benzene rings is 1. The van der Waals surface area contributed by atoms with Crippen molar-refractivity contribution in [3.63, 3.8) is 0 Å². The van der Waals surface area contributed by atoms with Crippen molar-refractivity contribution >= 4 is 16.9 Å². The van der Waals surface area contributed by atoms with Crippen LogP contribution in [-0.2, 0) is 4.74 Å². The van der Waals surface area contributed by atoms with Crippen LogP contribution in [0.4, 0.5) is 0 Å². The molecule has 0 amide bonds. The average molecular weight is 200 g/mol. The molecule has 15 heavy (non-hydrogen) atoms. The number of carbonyl (C=O) groups excluding carboxylic acids is 1. The van der Waals surface area contributed by atoms with Crippen LogP contribution in [0, 0.1) is 11.3 Å². The van der Waals surface area contributed by atoms with Crippen LogP contribution < -0.4 is 0 Å². The largest absolute Gasteiger partial charge is 0.465 e. The molecule has 0 bridgehead atoms. The van der Waals surface area contributed by atoms with Gasteiger partial charge in [-0.1, -0.05) is 6.07 Å². The molecule has 0 spiro atoms. The number of ether oxygens (including phenoxy) is 1. The summed E-state index contributed by atoms with van der Waals surface area (Å²) in [7, 11) is 1.34. The molecule has 0 saturated carbocycles. The second-order valence-corrected chi connectivity index (χ2v) is 3.09. The normalized spacial score (nSPS) is 9.87. The number of aromatic amines is 1. The number of nitriles is 1. The van der Waals surface area contributed by atoms with Gasteiger partial charge in [-0.25, -0.2) is 4.79 Å². The van der Waals surface area contributed by atoms with Gasteiger partial charge >= 0.3 is 5.97 Å². The van der Waals surface area contributed by atoms with E-state index in [0.29, 0.717) is 11.3 Å². The molecule has 1 aromatic heterocycles. The highest BCUT2D eigenvalue weighted by atomic mass is 16.5. The summed E-state index contributed by atoms with van der Waals surface area (Å²) in [6.07, 6.45) is 0. The van der Waals surface area contributed by atoms with Gasteiger partial charge in [0, 0.05) is 10.9 Å². The number of esters is 1. The first-order valence-electron chi connectivity index (χ1n) is 4.36. The van der Waals surface area contributed by atoms with Gasteiger partial charge in [-0.2, -0.15) is 5.26 Å². The molecule has 0 radical (unpaired) electrons. The molecule has 0 aliphatic heterocycles. The molecule has 1 aromatic carbocycles. The Labute approximate surface area is 86.1 Å². The lowest BCUT2D eigenvalue weighted by atomic mass is 10.1. The number of rotatable bonds is 1. The Bertz CT molecular complexity index is 563. The third-order valence-electron chi connectivity index (χ3n) is 2.16. The third-order valence-corrected chi connectivity index (χ3v) is 2.16. The van der Waals surface area contributed by atoms with Crippen molar-refractivity contribution in [2.45, 2.75) is 0 Å². The second kappa shape index (κ2) is 3.46. The summed E-state index contributed by atoms with van der Waals surface area (Å²) in [5.41, 5.74) is 1.71. The molecule has 0 unspecified atom stereocenters. The molecule has 4 nitrogen and oxygen atoms in total. The Balaban J connectivity index is 2.56. The fourth-order valence-corrected chi connectivity index (χ4v) is 1.43. The lowest BCUT2D eigenvalue weighted by Crippen LogP contribution is -2.00. The number of aromatic nitrogens is 1. The Morgan fingerprint density at radius 2 is 2.27 bits per heavy atom. The zero-order valence-corrected chi connectivity index (χ0v) is 8.07. The van der Waals surface area contributed by atoms with Crippen molar-refractivity contribution in [3.05, 3.63) is 35.5 Å². The van der Waals surface area contributed by atoms with Crippen LogP contribution in [0.15, 0.2) is 24.3 Å². The van der Waals surface area contributed by atoms with Crippen molar-refractivity contribution in [3.8, 4) is 6.07 Å². The summed E-state index contributed by atoms with van der Waals surface area (Å²) in [5, 5.41) is 9.59. The van der Waals surface area contributed by atoms with Crippen LogP contribution in [0.25, 0.3) is 10.9 Å². The maximum absolute atomic E-state index is 11.2. The van der Waals surface area contributed by atoms with E-state index in [9.17, 15) is 4.79 Å². The molecule has 2 aromatic rings. The van der Waals surface area contributed by atoms with Crippen molar-refractivity contribution < 1.29 is 9.53 Å². The maximum Gasteiger partial charge on any atom is 0.337 e. The third kappa shape index (κ3) is 1.55. The maximum atomic E-state index is 11.2. The Morgan fingerprint density at radius 1 is 1.47 bits per heavy atom. The van der Waals surface area contributed by atoms with Gasteiger partial charge in [-0.05, 0) is 18.2 Å². The van der Waals surface area contributed by atoms with E-state index in [0.717, 1.165) is 10.9 Å². The standard InChI is InChI=1S/C11H8N2O2/c1-15-11(14)8-3-2-7-4-9(6-12)13-10(7)5-8/h2-5,13H,1H3. The van der Waals surface area contributed by atoms with Crippen molar-refractivity contribution in [2.24, 2.45) is 0 Å². The first-order chi connectivity index (χ1) is 7.24. The van der Waals surface area contributed by atoms with Crippen molar-refractivity contribution in [1.82, 2.24) is 4.98 Å². The summed E-state index contributed by atoms with van der Waals surface area (Å²) >= 11 is 0. The van der Waals surface area contributed by atoms with E-state index in [1.807, 2.05) is 6.07 Å². The summed E-state index contributed by atoms with van der Waals surface area (Å²) in [5.74, 6) is -0.384. The molecule has 1 heterocycles. The SMILES string of the molecule is COC(=O)c1ccc2cc(C#N)[nH]c2c1. The van der Waals surface area contributed by atoms with Gasteiger partial charge in [-0.15, -0.1) is 0 Å². The molecular formula is C11H8N2O2. The molecule has 0 saturated heterocycles. The van der Waals surface area contributed by atoms with Gasteiger partial charge in [-0.3, -0.25) is 0 Å². The number of hydrogen-bond donors (Lipinski definition) is 1. The van der Waals surface area contributed by atoms with Crippen LogP contribution >= 0.6 is 0 Å². The quantitative estimate of drug-likeness (QED) is 0.714. The van der Waals surface area contributed by atoms with E-state index in [2.05, 4.69) is 9.72 Å². The Kier molecular flexibility index (Phi) is 2.14. The topological polar surface area (TPSA) is 65.9 Å². The highest BCUT2D eigenvalue weighted by Crippen LogP contribution is 2.17. The number of fused-ring (bicyclic) bond motifs is 1. The number of methoxy groups -OCH3 is 1. The molecule has 0 aliphatic rings. The number of nitrogens with zero attached hydrogens (tertiary/aromatic N) is 1. The van der Waals surface area contributed by atoms with Crippen LogP contribution in [0.5, 0.6) is 0 Å². The molecule has 0 atom stereocenters. The van der Waals surface area contributed by atoms with Crippen LogP contribution in [0.3, 0.4) is 0 Å². The van der Waals surface area contributed by atoms with Crippen LogP contribution in [0.1, 0.15) is 16.1 Å². The molecule has 4 heteroatoms. The average Bonchev–Trinajstić information content (AvgIpc) is 2.69. The lowest BCUT2D eigenvalue weighted by Gasteiger charge is -1.98. The highest BCUT2D eigenvalue weighted by molar-refractivity contribution is 5.94. The van der Waals surface area contributed by atoms with E-state index < -0.39 is 0 Å². The summed E-state index contributed by atoms with van der Waals surface area (Å²) in [4.78, 5) is 14.1. The predicted molar refractivity (Wildman–Crippen MR) is 54.4 cm³/mol.